The summed E-state index contributed by atoms with van der Waals surface area (Å²) in [7, 11) is 0. The molecular formula is C22H24N4. The maximum Gasteiger partial charge on any atom is 0.0885 e. The van der Waals surface area contributed by atoms with Gasteiger partial charge in [-0.25, -0.2) is 0 Å². The van der Waals surface area contributed by atoms with E-state index in [1.807, 2.05) is 12.3 Å². The monoisotopic (exact) mass is 344 g/mol. The molecule has 4 heterocycles. The number of aliphatic imine (C=N–C) groups is 1. The molecule has 2 aliphatic rings. The molecule has 0 bridgehead atoms. The van der Waals surface area contributed by atoms with E-state index in [9.17, 15) is 0 Å². The van der Waals surface area contributed by atoms with Crippen LogP contribution in [0, 0.1) is 0 Å². The van der Waals surface area contributed by atoms with Crippen molar-refractivity contribution in [2.45, 2.75) is 31.6 Å². The second-order valence-electron chi connectivity index (χ2n) is 7.39. The van der Waals surface area contributed by atoms with Gasteiger partial charge in [0.05, 0.1) is 22.4 Å². The van der Waals surface area contributed by atoms with Gasteiger partial charge in [-0.1, -0.05) is 12.1 Å². The Kier molecular flexibility index (Phi) is 4.06. The van der Waals surface area contributed by atoms with Crippen LogP contribution in [0.3, 0.4) is 0 Å². The van der Waals surface area contributed by atoms with Crippen LogP contribution in [0.5, 0.6) is 0 Å². The molecule has 26 heavy (non-hydrogen) atoms. The number of rotatable bonds is 2. The van der Waals surface area contributed by atoms with Gasteiger partial charge in [0, 0.05) is 18.3 Å². The summed E-state index contributed by atoms with van der Waals surface area (Å²) in [5, 5.41) is 3.47. The molecule has 4 nitrogen and oxygen atoms in total. The van der Waals surface area contributed by atoms with E-state index in [1.54, 1.807) is 0 Å². The van der Waals surface area contributed by atoms with Crippen molar-refractivity contribution in [2.75, 3.05) is 19.6 Å². The molecule has 2 N–H and O–H groups in total. The first-order valence-electron chi connectivity index (χ1n) is 9.71. The summed E-state index contributed by atoms with van der Waals surface area (Å²) >= 11 is 0. The van der Waals surface area contributed by atoms with Crippen LogP contribution < -0.4 is 5.32 Å². The predicted octanol–water partition coefficient (Wildman–Crippen LogP) is 3.81. The Labute approximate surface area is 153 Å². The average molecular weight is 344 g/mol. The minimum absolute atomic E-state index is 0.662. The van der Waals surface area contributed by atoms with Crippen molar-refractivity contribution < 1.29 is 0 Å². The summed E-state index contributed by atoms with van der Waals surface area (Å²) in [6.07, 6.45) is 6.51. The first-order valence-corrected chi connectivity index (χ1v) is 9.71. The lowest BCUT2D eigenvalue weighted by molar-refractivity contribution is 0.460. The van der Waals surface area contributed by atoms with E-state index < -0.39 is 0 Å². The Morgan fingerprint density at radius 1 is 1.04 bits per heavy atom. The highest BCUT2D eigenvalue weighted by Gasteiger charge is 2.21. The highest BCUT2D eigenvalue weighted by atomic mass is 14.9. The van der Waals surface area contributed by atoms with Crippen LogP contribution in [0.1, 0.15) is 47.6 Å². The third kappa shape index (κ3) is 2.84. The number of piperidine rings is 1. The zero-order valence-electron chi connectivity index (χ0n) is 15.0. The van der Waals surface area contributed by atoms with E-state index in [-0.39, 0.29) is 0 Å². The van der Waals surface area contributed by atoms with Crippen molar-refractivity contribution >= 4 is 16.7 Å². The number of benzene rings is 1. The summed E-state index contributed by atoms with van der Waals surface area (Å²) in [4.78, 5) is 13.0. The lowest BCUT2D eigenvalue weighted by atomic mass is 9.86. The zero-order valence-corrected chi connectivity index (χ0v) is 15.0. The Hall–Kier alpha value is -2.46. The number of nitrogens with zero attached hydrogens (tertiary/aromatic N) is 2. The summed E-state index contributed by atoms with van der Waals surface area (Å²) in [6.45, 7) is 3.13. The second-order valence-corrected chi connectivity index (χ2v) is 7.39. The summed E-state index contributed by atoms with van der Waals surface area (Å²) in [5.74, 6) is 0.662. The molecule has 132 valence electrons. The van der Waals surface area contributed by atoms with Gasteiger partial charge in [0.25, 0.3) is 0 Å². The van der Waals surface area contributed by atoms with E-state index in [0.717, 1.165) is 54.9 Å². The number of pyridine rings is 1. The number of aryl methyl sites for hydroxylation is 1. The third-order valence-electron chi connectivity index (χ3n) is 5.72. The van der Waals surface area contributed by atoms with Crippen LogP contribution in [0.2, 0.25) is 0 Å². The molecule has 3 aromatic rings. The van der Waals surface area contributed by atoms with Gasteiger partial charge in [-0.2, -0.15) is 0 Å². The van der Waals surface area contributed by atoms with Gasteiger partial charge in [-0.05, 0) is 80.1 Å². The van der Waals surface area contributed by atoms with Crippen molar-refractivity contribution in [3.8, 4) is 0 Å². The van der Waals surface area contributed by atoms with Gasteiger partial charge in [-0.3, -0.25) is 9.98 Å². The quantitative estimate of drug-likeness (QED) is 0.743. The number of aromatic nitrogens is 2. The molecule has 0 spiro atoms. The van der Waals surface area contributed by atoms with Crippen LogP contribution in [0.4, 0.5) is 0 Å². The topological polar surface area (TPSA) is 53.1 Å². The molecule has 4 heteroatoms. The molecule has 0 saturated carbocycles. The lowest BCUT2D eigenvalue weighted by Gasteiger charge is -2.24. The molecule has 0 radical (unpaired) electrons. The molecule has 1 saturated heterocycles. The lowest BCUT2D eigenvalue weighted by Crippen LogP contribution is -2.26. The van der Waals surface area contributed by atoms with Gasteiger partial charge in [0.15, 0.2) is 0 Å². The molecule has 1 fully saturated rings. The van der Waals surface area contributed by atoms with E-state index in [1.165, 1.54) is 29.5 Å². The fraction of sp³-hybridized carbons (Fsp3) is 0.364. The second kappa shape index (κ2) is 6.69. The van der Waals surface area contributed by atoms with Gasteiger partial charge in [0.1, 0.15) is 0 Å². The fourth-order valence-corrected chi connectivity index (χ4v) is 4.30. The van der Waals surface area contributed by atoms with E-state index in [0.29, 0.717) is 5.92 Å². The van der Waals surface area contributed by atoms with Crippen molar-refractivity contribution in [1.29, 1.82) is 0 Å². The van der Waals surface area contributed by atoms with Crippen molar-refractivity contribution in [3.63, 3.8) is 0 Å². The molecule has 5 rings (SSSR count). The van der Waals surface area contributed by atoms with Gasteiger partial charge in [-0.15, -0.1) is 0 Å². The van der Waals surface area contributed by atoms with E-state index >= 15 is 0 Å². The van der Waals surface area contributed by atoms with Crippen LogP contribution >= 0.6 is 0 Å². The normalized spacial score (nSPS) is 18.4. The fourth-order valence-electron chi connectivity index (χ4n) is 4.30. The molecule has 2 aliphatic heterocycles. The number of hydrogen-bond acceptors (Lipinski definition) is 3. The molecular weight excluding hydrogens is 320 g/mol. The van der Waals surface area contributed by atoms with Gasteiger partial charge < -0.3 is 10.3 Å². The Morgan fingerprint density at radius 2 is 1.96 bits per heavy atom. The first-order chi connectivity index (χ1) is 12.9. The smallest absolute Gasteiger partial charge is 0.0885 e. The Morgan fingerprint density at radius 3 is 2.85 bits per heavy atom. The average Bonchev–Trinajstić information content (AvgIpc) is 3.01. The molecule has 0 aliphatic carbocycles. The van der Waals surface area contributed by atoms with Crippen molar-refractivity contribution in [2.24, 2.45) is 4.99 Å². The Balaban J connectivity index is 1.59. The molecule has 0 amide bonds. The maximum absolute atomic E-state index is 4.96. The van der Waals surface area contributed by atoms with E-state index in [4.69, 9.17) is 4.99 Å². The number of hydrogen-bond donors (Lipinski definition) is 2. The summed E-state index contributed by atoms with van der Waals surface area (Å²) in [6, 6.07) is 13.3. The van der Waals surface area contributed by atoms with Crippen LogP contribution in [0.15, 0.2) is 47.6 Å². The van der Waals surface area contributed by atoms with Crippen LogP contribution in [0.25, 0.3) is 11.0 Å². The predicted molar refractivity (Wildman–Crippen MR) is 106 cm³/mol. The molecule has 2 aromatic heterocycles. The van der Waals surface area contributed by atoms with Crippen molar-refractivity contribution in [1.82, 2.24) is 15.3 Å². The Bertz CT molecular complexity index is 930. The van der Waals surface area contributed by atoms with Crippen LogP contribution in [-0.2, 0) is 6.42 Å². The number of nitrogens with one attached hydrogen (secondary N) is 2. The highest BCUT2D eigenvalue weighted by molar-refractivity contribution is 6.14. The van der Waals surface area contributed by atoms with Gasteiger partial charge in [0.2, 0.25) is 0 Å². The summed E-state index contributed by atoms with van der Waals surface area (Å²) in [5.41, 5.74) is 8.47. The zero-order chi connectivity index (χ0) is 17.3. The minimum atomic E-state index is 0.662. The largest absolute Gasteiger partial charge is 0.352 e. The number of H-pyrrole nitrogens is 1. The number of aromatic amines is 1. The molecule has 0 atom stereocenters. The van der Waals surface area contributed by atoms with Crippen molar-refractivity contribution in [3.05, 3.63) is 65.0 Å². The SMILES string of the molecule is c1cnc2cc(C3=NCCCc4ccc(C5CCNCC5)cc43)[nH]c2c1. The standard InChI is InChI=1S/C22H24N4/c1-3-16-5-6-17(15-7-11-23-12-8-15)13-18(16)22(25-10-1)21-14-20-19(26-21)4-2-9-24-20/h2,4-6,9,13-15,23,26H,1,3,7-8,10-12H2. The highest BCUT2D eigenvalue weighted by Crippen LogP contribution is 2.30. The third-order valence-corrected chi connectivity index (χ3v) is 5.72. The minimum Gasteiger partial charge on any atom is -0.352 e. The maximum atomic E-state index is 4.96. The summed E-state index contributed by atoms with van der Waals surface area (Å²) < 4.78 is 0. The van der Waals surface area contributed by atoms with E-state index in [2.05, 4.69) is 45.6 Å². The van der Waals surface area contributed by atoms with Gasteiger partial charge >= 0.3 is 0 Å². The number of fused-ring (bicyclic) bond motifs is 2. The van der Waals surface area contributed by atoms with Crippen LogP contribution in [-0.4, -0.2) is 35.3 Å². The first kappa shape index (κ1) is 15.8. The molecule has 1 aromatic carbocycles. The molecule has 0 unspecified atom stereocenters.